The first-order valence-electron chi connectivity index (χ1n) is 4.03. The normalized spacial score (nSPS) is 16.9. The minimum atomic E-state index is -3.52. The zero-order chi connectivity index (χ0) is 11.4. The van der Waals surface area contributed by atoms with Crippen LogP contribution in [-0.4, -0.2) is 30.2 Å². The van der Waals surface area contributed by atoms with Gasteiger partial charge in [0.05, 0.1) is 6.10 Å². The molecule has 82 valence electrons. The lowest BCUT2D eigenvalue weighted by atomic mass is 10.3. The standard InChI is InChI=1S/C8H15O5P/c1-6(2)8(9)12-5-7(3)13-14(4,10)11/h7H,1,5H2,2-4H3,(H,10,11). The maximum absolute atomic E-state index is 10.9. The highest BCUT2D eigenvalue weighted by molar-refractivity contribution is 7.51. The monoisotopic (exact) mass is 222 g/mol. The van der Waals surface area contributed by atoms with Gasteiger partial charge in [0.1, 0.15) is 6.61 Å². The second kappa shape index (κ2) is 5.29. The van der Waals surface area contributed by atoms with E-state index in [2.05, 4.69) is 11.1 Å². The van der Waals surface area contributed by atoms with Crippen molar-refractivity contribution in [2.24, 2.45) is 0 Å². The first-order chi connectivity index (χ1) is 6.22. The van der Waals surface area contributed by atoms with Crippen molar-refractivity contribution < 1.29 is 23.5 Å². The molecule has 0 saturated heterocycles. The van der Waals surface area contributed by atoms with Crippen LogP contribution in [0.25, 0.3) is 0 Å². The molecule has 0 radical (unpaired) electrons. The zero-order valence-electron chi connectivity index (χ0n) is 8.52. The molecule has 0 aliphatic heterocycles. The van der Waals surface area contributed by atoms with Crippen LogP contribution in [0.5, 0.6) is 0 Å². The first-order valence-corrected chi connectivity index (χ1v) is 6.06. The van der Waals surface area contributed by atoms with Crippen molar-refractivity contribution in [1.82, 2.24) is 0 Å². The third-order valence-electron chi connectivity index (χ3n) is 1.17. The summed E-state index contributed by atoms with van der Waals surface area (Å²) in [5.74, 6) is -0.538. The first kappa shape index (κ1) is 13.4. The Morgan fingerprint density at radius 2 is 2.14 bits per heavy atom. The van der Waals surface area contributed by atoms with Crippen molar-refractivity contribution in [1.29, 1.82) is 0 Å². The summed E-state index contributed by atoms with van der Waals surface area (Å²) < 4.78 is 20.2. The topological polar surface area (TPSA) is 72.8 Å². The average Bonchev–Trinajstić information content (AvgIpc) is 1.96. The molecule has 14 heavy (non-hydrogen) atoms. The van der Waals surface area contributed by atoms with Gasteiger partial charge in [-0.3, -0.25) is 4.57 Å². The Bertz CT molecular complexity index is 267. The molecule has 0 aromatic rings. The van der Waals surface area contributed by atoms with Crippen molar-refractivity contribution in [3.05, 3.63) is 12.2 Å². The van der Waals surface area contributed by atoms with Crippen molar-refractivity contribution in [2.45, 2.75) is 20.0 Å². The van der Waals surface area contributed by atoms with Crippen LogP contribution in [0.1, 0.15) is 13.8 Å². The number of esters is 1. The lowest BCUT2D eigenvalue weighted by Crippen LogP contribution is -2.18. The average molecular weight is 222 g/mol. The molecular formula is C8H15O5P. The second-order valence-corrected chi connectivity index (χ2v) is 4.91. The van der Waals surface area contributed by atoms with Gasteiger partial charge in [0.15, 0.2) is 0 Å². The Kier molecular flexibility index (Phi) is 5.05. The number of ether oxygens (including phenoxy) is 1. The summed E-state index contributed by atoms with van der Waals surface area (Å²) in [6.07, 6.45) is -0.612. The number of carbonyl (C=O) groups is 1. The Morgan fingerprint density at radius 3 is 2.50 bits per heavy atom. The minimum Gasteiger partial charge on any atom is -0.460 e. The van der Waals surface area contributed by atoms with Crippen molar-refractivity contribution >= 4 is 13.6 Å². The number of hydrogen-bond acceptors (Lipinski definition) is 4. The van der Waals surface area contributed by atoms with Gasteiger partial charge >= 0.3 is 13.6 Å². The molecule has 0 aliphatic rings. The summed E-state index contributed by atoms with van der Waals surface area (Å²) in [7, 11) is -3.52. The summed E-state index contributed by atoms with van der Waals surface area (Å²) >= 11 is 0. The van der Waals surface area contributed by atoms with E-state index in [1.807, 2.05) is 0 Å². The fraction of sp³-hybridized carbons (Fsp3) is 0.625. The van der Waals surface area contributed by atoms with Gasteiger partial charge in [-0.2, -0.15) is 0 Å². The second-order valence-electron chi connectivity index (χ2n) is 3.10. The Morgan fingerprint density at radius 1 is 1.64 bits per heavy atom. The Labute approximate surface area is 83.3 Å². The van der Waals surface area contributed by atoms with Crippen LogP contribution in [0.4, 0.5) is 0 Å². The van der Waals surface area contributed by atoms with Crippen LogP contribution in [0.2, 0.25) is 0 Å². The molecule has 0 aromatic carbocycles. The summed E-state index contributed by atoms with van der Waals surface area (Å²) in [6.45, 7) is 7.45. The van der Waals surface area contributed by atoms with Gasteiger partial charge in [-0.1, -0.05) is 6.58 Å². The SMILES string of the molecule is C=C(C)C(=O)OCC(C)OP(C)(=O)O. The summed E-state index contributed by atoms with van der Waals surface area (Å²) in [5.41, 5.74) is 0.279. The molecule has 1 N–H and O–H groups in total. The largest absolute Gasteiger partial charge is 0.460 e. The molecule has 0 rings (SSSR count). The molecule has 0 bridgehead atoms. The van der Waals surface area contributed by atoms with Crippen LogP contribution < -0.4 is 0 Å². The van der Waals surface area contributed by atoms with Crippen LogP contribution in [0.15, 0.2) is 12.2 Å². The molecule has 6 heteroatoms. The Hall–Kier alpha value is -0.640. The quantitative estimate of drug-likeness (QED) is 0.431. The molecule has 5 nitrogen and oxygen atoms in total. The third-order valence-corrected chi connectivity index (χ3v) is 1.92. The Balaban J connectivity index is 3.86. The van der Waals surface area contributed by atoms with E-state index < -0.39 is 19.7 Å². The molecule has 0 aliphatic carbocycles. The fourth-order valence-corrected chi connectivity index (χ4v) is 1.41. The van der Waals surface area contributed by atoms with Crippen molar-refractivity contribution in [2.75, 3.05) is 13.3 Å². The molecule has 2 unspecified atom stereocenters. The van der Waals surface area contributed by atoms with E-state index in [9.17, 15) is 9.36 Å². The lowest BCUT2D eigenvalue weighted by Gasteiger charge is -2.14. The molecule has 0 saturated carbocycles. The van der Waals surface area contributed by atoms with E-state index in [1.165, 1.54) is 13.8 Å². The third kappa shape index (κ3) is 6.83. The molecular weight excluding hydrogens is 207 g/mol. The van der Waals surface area contributed by atoms with Gasteiger partial charge in [0, 0.05) is 12.2 Å². The highest BCUT2D eigenvalue weighted by Gasteiger charge is 2.17. The zero-order valence-corrected chi connectivity index (χ0v) is 9.41. The molecule has 2 atom stereocenters. The number of rotatable bonds is 5. The van der Waals surface area contributed by atoms with E-state index in [4.69, 9.17) is 9.63 Å². The van der Waals surface area contributed by atoms with Crippen LogP contribution in [0.3, 0.4) is 0 Å². The lowest BCUT2D eigenvalue weighted by molar-refractivity contribution is -0.141. The predicted octanol–water partition coefficient (Wildman–Crippen LogP) is 1.33. The fourth-order valence-electron chi connectivity index (χ4n) is 0.681. The maximum atomic E-state index is 10.9. The van der Waals surface area contributed by atoms with Crippen LogP contribution in [0, 0.1) is 0 Å². The maximum Gasteiger partial charge on any atom is 0.333 e. The smallest absolute Gasteiger partial charge is 0.333 e. The molecule has 0 heterocycles. The number of hydrogen-bond donors (Lipinski definition) is 1. The van der Waals surface area contributed by atoms with Crippen LogP contribution >= 0.6 is 7.60 Å². The van der Waals surface area contributed by atoms with Gasteiger partial charge in [-0.05, 0) is 13.8 Å². The van der Waals surface area contributed by atoms with E-state index in [-0.39, 0.29) is 12.2 Å². The van der Waals surface area contributed by atoms with Gasteiger partial charge < -0.3 is 14.2 Å². The number of carbonyl (C=O) groups excluding carboxylic acids is 1. The van der Waals surface area contributed by atoms with Gasteiger partial charge in [0.25, 0.3) is 0 Å². The van der Waals surface area contributed by atoms with E-state index >= 15 is 0 Å². The highest BCUT2D eigenvalue weighted by Crippen LogP contribution is 2.38. The van der Waals surface area contributed by atoms with E-state index in [0.717, 1.165) is 6.66 Å². The summed E-state index contributed by atoms with van der Waals surface area (Å²) in [4.78, 5) is 19.7. The van der Waals surface area contributed by atoms with E-state index in [1.54, 1.807) is 0 Å². The molecule has 0 amide bonds. The molecule has 0 spiro atoms. The molecule has 0 fully saturated rings. The summed E-state index contributed by atoms with van der Waals surface area (Å²) in [5, 5.41) is 0. The minimum absolute atomic E-state index is 0.0654. The molecule has 0 aromatic heterocycles. The van der Waals surface area contributed by atoms with E-state index in [0.29, 0.717) is 0 Å². The van der Waals surface area contributed by atoms with Gasteiger partial charge in [-0.25, -0.2) is 4.79 Å². The van der Waals surface area contributed by atoms with Gasteiger partial charge in [-0.15, -0.1) is 0 Å². The predicted molar refractivity (Wildman–Crippen MR) is 52.1 cm³/mol. The van der Waals surface area contributed by atoms with Gasteiger partial charge in [0.2, 0.25) is 0 Å². The van der Waals surface area contributed by atoms with Crippen molar-refractivity contribution in [3.63, 3.8) is 0 Å². The highest BCUT2D eigenvalue weighted by atomic mass is 31.2. The van der Waals surface area contributed by atoms with Crippen molar-refractivity contribution in [3.8, 4) is 0 Å². The summed E-state index contributed by atoms with van der Waals surface area (Å²) in [6, 6.07) is 0. The van der Waals surface area contributed by atoms with Crippen LogP contribution in [-0.2, 0) is 18.6 Å².